The number of halogens is 2. The molecule has 0 atom stereocenters. The second-order valence-corrected chi connectivity index (χ2v) is 9.38. The summed E-state index contributed by atoms with van der Waals surface area (Å²) < 4.78 is 1.68. The van der Waals surface area contributed by atoms with Gasteiger partial charge in [0.05, 0.1) is 66.0 Å². The summed E-state index contributed by atoms with van der Waals surface area (Å²) in [4.78, 5) is 50.1. The molecule has 18 heteroatoms. The minimum absolute atomic E-state index is 0.0189. The number of non-ortho nitro benzene ring substituents is 4. The number of aliphatic imine (C=N–C) groups is 2. The van der Waals surface area contributed by atoms with Crippen LogP contribution in [0.25, 0.3) is 0 Å². The molecule has 39 heavy (non-hydrogen) atoms. The van der Waals surface area contributed by atoms with Crippen molar-refractivity contribution in [2.24, 2.45) is 17.0 Å². The maximum absolute atomic E-state index is 11.1. The summed E-state index contributed by atoms with van der Waals surface area (Å²) in [7, 11) is 11.2. The Balaban J connectivity index is 0.00000170. The van der Waals surface area contributed by atoms with Crippen molar-refractivity contribution >= 4 is 65.7 Å². The van der Waals surface area contributed by atoms with E-state index in [0.717, 1.165) is 36.4 Å². The topological polar surface area (TPSA) is 202 Å². The van der Waals surface area contributed by atoms with E-state index in [1.165, 1.54) is 0 Å². The summed E-state index contributed by atoms with van der Waals surface area (Å²) in [6.45, 7) is 3.22. The summed E-state index contributed by atoms with van der Waals surface area (Å²) >= 11 is 0.194. The molecule has 0 spiro atoms. The van der Waals surface area contributed by atoms with Crippen molar-refractivity contribution in [3.63, 3.8) is 0 Å². The predicted octanol–water partition coefficient (Wildman–Crippen LogP) is 6.32. The Hall–Kier alpha value is -4.24. The van der Waals surface area contributed by atoms with Crippen LogP contribution >= 0.6 is 20.2 Å². The molecule has 15 nitrogen and oxygen atoms in total. The van der Waals surface area contributed by atoms with Crippen molar-refractivity contribution in [1.82, 2.24) is 4.57 Å². The third-order valence-corrected chi connectivity index (χ3v) is 5.07. The number of nitro groups is 4. The zero-order valence-corrected chi connectivity index (χ0v) is 22.7. The molecule has 0 aliphatic rings. The summed E-state index contributed by atoms with van der Waals surface area (Å²) in [5, 5.41) is 44.5. The second-order valence-electron chi connectivity index (χ2n) is 7.55. The molecule has 3 aromatic rings. The fourth-order valence-corrected chi connectivity index (χ4v) is 3.45. The van der Waals surface area contributed by atoms with Crippen LogP contribution in [0, 0.1) is 40.5 Å². The van der Waals surface area contributed by atoms with Crippen molar-refractivity contribution < 1.29 is 32.8 Å². The molecule has 3 rings (SSSR count). The summed E-state index contributed by atoms with van der Waals surface area (Å²) in [6.07, 6.45) is 0. The normalized spacial score (nSPS) is 11.5. The van der Waals surface area contributed by atoms with Crippen LogP contribution in [0.5, 0.6) is 0 Å². The SMILES string of the molecule is CC(=Nc1cc([N+](=O)[O-])cc([N+](=O)[O-])c1)c1ccc(C(C)=Nc2cc([N+](=O)[O-])cc([N+](=O)[O-])c2)n1C.[Cl][Fe][Cl]. The van der Waals surface area contributed by atoms with Gasteiger partial charge in [0.25, 0.3) is 22.7 Å². The van der Waals surface area contributed by atoms with Crippen LogP contribution in [-0.2, 0) is 20.2 Å². The molecular weight excluding hydrogens is 605 g/mol. The Bertz CT molecular complexity index is 1350. The van der Waals surface area contributed by atoms with E-state index in [0.29, 0.717) is 22.8 Å². The fraction of sp³-hybridized carbons (Fsp3) is 0.143. The molecule has 0 N–H and O–H groups in total. The van der Waals surface area contributed by atoms with Gasteiger partial charge in [-0.3, -0.25) is 50.4 Å². The van der Waals surface area contributed by atoms with Gasteiger partial charge < -0.3 is 4.57 Å². The zero-order chi connectivity index (χ0) is 29.4. The van der Waals surface area contributed by atoms with Gasteiger partial charge in [0.1, 0.15) is 0 Å². The van der Waals surface area contributed by atoms with Crippen LogP contribution in [0.4, 0.5) is 34.1 Å². The van der Waals surface area contributed by atoms with Gasteiger partial charge in [-0.15, -0.1) is 0 Å². The summed E-state index contributed by atoms with van der Waals surface area (Å²) in [5.41, 5.74) is 0.0207. The Labute approximate surface area is 234 Å². The first-order chi connectivity index (χ1) is 18.3. The van der Waals surface area contributed by atoms with Crippen molar-refractivity contribution in [1.29, 1.82) is 0 Å². The number of nitro benzene ring substituents is 4. The molecule has 0 radical (unpaired) electrons. The van der Waals surface area contributed by atoms with E-state index in [1.807, 2.05) is 0 Å². The molecule has 1 aromatic heterocycles. The van der Waals surface area contributed by atoms with Gasteiger partial charge >= 0.3 is 33.3 Å². The first-order valence-electron chi connectivity index (χ1n) is 10.3. The number of rotatable bonds is 8. The third-order valence-electron chi connectivity index (χ3n) is 5.07. The molecule has 0 unspecified atom stereocenters. The number of benzene rings is 2. The molecule has 206 valence electrons. The second kappa shape index (κ2) is 13.5. The standard InChI is InChI=1S/C21H17N7O8.2ClH.Fe/c1-12(22-14-6-16(25(29)30)10-17(7-14)26(31)32)20-4-5-21(24(20)3)13(2)23-15-8-18(27(33)34)11-19(9-15)28(35)36;;;/h4-11H,1-3H3;2*1H;/q;;;+2/p-2. The van der Waals surface area contributed by atoms with Crippen LogP contribution in [0.3, 0.4) is 0 Å². The van der Waals surface area contributed by atoms with E-state index < -0.39 is 42.4 Å². The van der Waals surface area contributed by atoms with Crippen molar-refractivity contribution in [3.8, 4) is 0 Å². The Kier molecular flexibility index (Phi) is 10.7. The van der Waals surface area contributed by atoms with Crippen molar-refractivity contribution in [2.75, 3.05) is 0 Å². The zero-order valence-electron chi connectivity index (χ0n) is 20.1. The molecule has 0 aliphatic carbocycles. The Morgan fingerprint density at radius 1 is 0.667 bits per heavy atom. The van der Waals surface area contributed by atoms with Crippen molar-refractivity contribution in [2.45, 2.75) is 13.8 Å². The minimum atomic E-state index is -0.750. The molecule has 2 aromatic carbocycles. The first kappa shape index (κ1) is 31.0. The number of hydrogen-bond donors (Lipinski definition) is 0. The van der Waals surface area contributed by atoms with E-state index in [2.05, 4.69) is 9.98 Å². The molecule has 0 fully saturated rings. The average Bonchev–Trinajstić information content (AvgIpc) is 3.25. The molecule has 0 aliphatic heterocycles. The van der Waals surface area contributed by atoms with Gasteiger partial charge in [-0.25, -0.2) is 0 Å². The van der Waals surface area contributed by atoms with Crippen LogP contribution in [0.15, 0.2) is 58.5 Å². The van der Waals surface area contributed by atoms with E-state index in [1.54, 1.807) is 37.6 Å². The van der Waals surface area contributed by atoms with Gasteiger partial charge in [-0.1, -0.05) is 0 Å². The first-order valence-corrected chi connectivity index (χ1v) is 13.3. The summed E-state index contributed by atoms with van der Waals surface area (Å²) in [6, 6.07) is 9.49. The molecule has 0 bridgehead atoms. The van der Waals surface area contributed by atoms with Crippen LogP contribution in [0.2, 0.25) is 0 Å². The number of nitrogens with zero attached hydrogens (tertiary/aromatic N) is 7. The van der Waals surface area contributed by atoms with Crippen molar-refractivity contribution in [3.05, 3.63) is 100 Å². The van der Waals surface area contributed by atoms with Gasteiger partial charge in [0.2, 0.25) is 0 Å². The fourth-order valence-electron chi connectivity index (χ4n) is 3.45. The molecule has 0 amide bonds. The monoisotopic (exact) mass is 621 g/mol. The molecule has 0 saturated heterocycles. The number of hydrogen-bond acceptors (Lipinski definition) is 10. The average molecular weight is 622 g/mol. The van der Waals surface area contributed by atoms with Gasteiger partial charge in [-0.05, 0) is 26.0 Å². The summed E-state index contributed by atoms with van der Waals surface area (Å²) in [5.74, 6) is 0. The van der Waals surface area contributed by atoms with Crippen LogP contribution in [0.1, 0.15) is 25.2 Å². The van der Waals surface area contributed by atoms with E-state index in [-0.39, 0.29) is 24.5 Å². The quantitative estimate of drug-likeness (QED) is 0.120. The van der Waals surface area contributed by atoms with Crippen LogP contribution in [-0.4, -0.2) is 35.7 Å². The Morgan fingerprint density at radius 3 is 1.15 bits per heavy atom. The number of aromatic nitrogens is 1. The van der Waals surface area contributed by atoms with Gasteiger partial charge in [0, 0.05) is 31.3 Å². The van der Waals surface area contributed by atoms with E-state index in [9.17, 15) is 40.5 Å². The van der Waals surface area contributed by atoms with E-state index in [4.69, 9.17) is 20.2 Å². The predicted molar refractivity (Wildman–Crippen MR) is 140 cm³/mol. The molecule has 1 heterocycles. The van der Waals surface area contributed by atoms with E-state index >= 15 is 0 Å². The van der Waals surface area contributed by atoms with Gasteiger partial charge in [-0.2, -0.15) is 0 Å². The third kappa shape index (κ3) is 8.12. The van der Waals surface area contributed by atoms with Gasteiger partial charge in [0.15, 0.2) is 0 Å². The Morgan fingerprint density at radius 2 is 0.923 bits per heavy atom. The molecule has 0 saturated carbocycles. The molecular formula is C21H17Cl2FeN7O8. The van der Waals surface area contributed by atoms with Crippen LogP contribution < -0.4 is 0 Å². The maximum atomic E-state index is 11.1.